The minimum absolute atomic E-state index is 0.153. The molecule has 1 aliphatic heterocycles. The van der Waals surface area contributed by atoms with E-state index in [9.17, 15) is 9.59 Å². The Morgan fingerprint density at radius 1 is 1.00 bits per heavy atom. The molecule has 6 nitrogen and oxygen atoms in total. The first-order chi connectivity index (χ1) is 12.1. The first kappa shape index (κ1) is 17.0. The highest BCUT2D eigenvalue weighted by Crippen LogP contribution is 2.21. The van der Waals surface area contributed by atoms with Gasteiger partial charge >= 0.3 is 0 Å². The van der Waals surface area contributed by atoms with Gasteiger partial charge in [-0.25, -0.2) is 0 Å². The lowest BCUT2D eigenvalue weighted by Crippen LogP contribution is -2.29. The number of pyridine rings is 1. The van der Waals surface area contributed by atoms with E-state index in [1.54, 1.807) is 30.5 Å². The molecule has 0 bridgehead atoms. The number of hydrogen-bond donors (Lipinski definition) is 2. The molecule has 25 heavy (non-hydrogen) atoms. The second kappa shape index (κ2) is 7.79. The van der Waals surface area contributed by atoms with Crippen LogP contribution in [0.1, 0.15) is 36.7 Å². The van der Waals surface area contributed by atoms with E-state index >= 15 is 0 Å². The summed E-state index contributed by atoms with van der Waals surface area (Å²) in [6.07, 6.45) is 5.30. The van der Waals surface area contributed by atoms with Crippen LogP contribution < -0.4 is 15.5 Å². The summed E-state index contributed by atoms with van der Waals surface area (Å²) in [6.45, 7) is 3.48. The Labute approximate surface area is 147 Å². The number of carbonyl (C=O) groups excluding carboxylic acids is 2. The highest BCUT2D eigenvalue weighted by molar-refractivity contribution is 6.03. The molecule has 2 N–H and O–H groups in total. The number of anilines is 3. The molecule has 0 spiro atoms. The van der Waals surface area contributed by atoms with Crippen molar-refractivity contribution < 1.29 is 9.59 Å². The first-order valence-corrected chi connectivity index (χ1v) is 8.52. The van der Waals surface area contributed by atoms with E-state index in [1.807, 2.05) is 12.1 Å². The third-order valence-electron chi connectivity index (χ3n) is 4.14. The maximum absolute atomic E-state index is 12.5. The maximum Gasteiger partial charge on any atom is 0.274 e. The van der Waals surface area contributed by atoms with E-state index in [0.717, 1.165) is 18.8 Å². The van der Waals surface area contributed by atoms with E-state index in [1.165, 1.54) is 26.2 Å². The summed E-state index contributed by atoms with van der Waals surface area (Å²) in [5, 5.41) is 5.53. The van der Waals surface area contributed by atoms with Crippen LogP contribution in [0.4, 0.5) is 17.1 Å². The Morgan fingerprint density at radius 2 is 1.72 bits per heavy atom. The third kappa shape index (κ3) is 4.56. The monoisotopic (exact) mass is 338 g/mol. The largest absolute Gasteiger partial charge is 0.371 e. The smallest absolute Gasteiger partial charge is 0.274 e. The maximum atomic E-state index is 12.5. The molecule has 1 fully saturated rings. The summed E-state index contributed by atoms with van der Waals surface area (Å²) < 4.78 is 0. The van der Waals surface area contributed by atoms with E-state index in [-0.39, 0.29) is 11.8 Å². The molecule has 1 aromatic heterocycles. The van der Waals surface area contributed by atoms with Crippen molar-refractivity contribution >= 4 is 28.9 Å². The molecule has 0 unspecified atom stereocenters. The Morgan fingerprint density at radius 3 is 2.44 bits per heavy atom. The fourth-order valence-electron chi connectivity index (χ4n) is 2.97. The van der Waals surface area contributed by atoms with Crippen molar-refractivity contribution in [3.05, 3.63) is 48.3 Å². The number of amides is 2. The third-order valence-corrected chi connectivity index (χ3v) is 4.14. The van der Waals surface area contributed by atoms with E-state index in [4.69, 9.17) is 0 Å². The van der Waals surface area contributed by atoms with Gasteiger partial charge in [0.2, 0.25) is 5.91 Å². The van der Waals surface area contributed by atoms with Crippen molar-refractivity contribution in [1.82, 2.24) is 4.98 Å². The lowest BCUT2D eigenvalue weighted by atomic mass is 10.1. The van der Waals surface area contributed by atoms with Crippen molar-refractivity contribution in [1.29, 1.82) is 0 Å². The molecular formula is C19H22N4O2. The molecule has 130 valence electrons. The van der Waals surface area contributed by atoms with Gasteiger partial charge in [0.05, 0.1) is 0 Å². The zero-order valence-corrected chi connectivity index (χ0v) is 14.3. The number of rotatable bonds is 4. The van der Waals surface area contributed by atoms with Gasteiger partial charge in [0.15, 0.2) is 0 Å². The molecule has 1 saturated heterocycles. The summed E-state index contributed by atoms with van der Waals surface area (Å²) in [5.41, 5.74) is 2.67. The van der Waals surface area contributed by atoms with Crippen LogP contribution in [0.3, 0.4) is 0 Å². The molecule has 3 rings (SSSR count). The topological polar surface area (TPSA) is 74.3 Å². The average molecular weight is 338 g/mol. The molecule has 2 heterocycles. The molecule has 0 atom stereocenters. The molecule has 0 aliphatic carbocycles. The predicted octanol–water partition coefficient (Wildman–Crippen LogP) is 3.28. The standard InChI is InChI=1S/C19H22N4O2/c1-14(24)21-15-6-5-7-16(12-15)22-19(25)18-13-17(8-9-20-18)23-10-3-2-4-11-23/h5-9,12-13H,2-4,10-11H2,1H3,(H,21,24)(H,22,25). The Kier molecular flexibility index (Phi) is 5.28. The van der Waals surface area contributed by atoms with Crippen molar-refractivity contribution in [2.24, 2.45) is 0 Å². The van der Waals surface area contributed by atoms with Gasteiger partial charge in [-0.05, 0) is 49.6 Å². The van der Waals surface area contributed by atoms with Crippen LogP contribution in [0.15, 0.2) is 42.6 Å². The molecular weight excluding hydrogens is 316 g/mol. The van der Waals surface area contributed by atoms with Crippen molar-refractivity contribution in [3.8, 4) is 0 Å². The van der Waals surface area contributed by atoms with Gasteiger partial charge in [0.1, 0.15) is 5.69 Å². The van der Waals surface area contributed by atoms with Gasteiger partial charge in [-0.15, -0.1) is 0 Å². The molecule has 2 aromatic rings. The zero-order valence-electron chi connectivity index (χ0n) is 14.3. The average Bonchev–Trinajstić information content (AvgIpc) is 2.62. The fraction of sp³-hybridized carbons (Fsp3) is 0.316. The van der Waals surface area contributed by atoms with Gasteiger partial charge in [-0.1, -0.05) is 6.07 Å². The quantitative estimate of drug-likeness (QED) is 0.897. The summed E-state index contributed by atoms with van der Waals surface area (Å²) in [5.74, 6) is -0.418. The number of hydrogen-bond acceptors (Lipinski definition) is 4. The van der Waals surface area contributed by atoms with Gasteiger partial charge in [-0.3, -0.25) is 14.6 Å². The van der Waals surface area contributed by atoms with Crippen molar-refractivity contribution in [3.63, 3.8) is 0 Å². The highest BCUT2D eigenvalue weighted by Gasteiger charge is 2.14. The van der Waals surface area contributed by atoms with Crippen LogP contribution in [0.2, 0.25) is 0 Å². The van der Waals surface area contributed by atoms with Gasteiger partial charge in [-0.2, -0.15) is 0 Å². The van der Waals surface area contributed by atoms with Crippen LogP contribution in [-0.4, -0.2) is 29.9 Å². The second-order valence-electron chi connectivity index (χ2n) is 6.16. The zero-order chi connectivity index (χ0) is 17.6. The highest BCUT2D eigenvalue weighted by atomic mass is 16.2. The Hall–Kier alpha value is -2.89. The van der Waals surface area contributed by atoms with Crippen LogP contribution in [0.25, 0.3) is 0 Å². The van der Waals surface area contributed by atoms with Crippen LogP contribution in [0, 0.1) is 0 Å². The number of benzene rings is 1. The molecule has 2 amide bonds. The normalized spacial score (nSPS) is 14.0. The van der Waals surface area contributed by atoms with Gasteiger partial charge < -0.3 is 15.5 Å². The summed E-state index contributed by atoms with van der Waals surface area (Å²) in [4.78, 5) is 30.1. The second-order valence-corrected chi connectivity index (χ2v) is 6.16. The summed E-state index contributed by atoms with van der Waals surface area (Å²) >= 11 is 0. The lowest BCUT2D eigenvalue weighted by Gasteiger charge is -2.28. The molecule has 0 saturated carbocycles. The fourth-order valence-corrected chi connectivity index (χ4v) is 2.97. The number of nitrogens with one attached hydrogen (secondary N) is 2. The summed E-state index contributed by atoms with van der Waals surface area (Å²) in [6, 6.07) is 10.8. The minimum atomic E-state index is -0.265. The van der Waals surface area contributed by atoms with E-state index in [0.29, 0.717) is 17.1 Å². The first-order valence-electron chi connectivity index (χ1n) is 8.52. The van der Waals surface area contributed by atoms with Crippen LogP contribution >= 0.6 is 0 Å². The van der Waals surface area contributed by atoms with Crippen molar-refractivity contribution in [2.45, 2.75) is 26.2 Å². The number of nitrogens with zero attached hydrogens (tertiary/aromatic N) is 2. The van der Waals surface area contributed by atoms with Gasteiger partial charge in [0, 0.05) is 43.3 Å². The Bertz CT molecular complexity index is 770. The minimum Gasteiger partial charge on any atom is -0.371 e. The lowest BCUT2D eigenvalue weighted by molar-refractivity contribution is -0.114. The predicted molar refractivity (Wildman–Crippen MR) is 99.0 cm³/mol. The Balaban J connectivity index is 1.72. The molecule has 0 radical (unpaired) electrons. The molecule has 6 heteroatoms. The number of piperidine rings is 1. The van der Waals surface area contributed by atoms with Crippen molar-refractivity contribution in [2.75, 3.05) is 28.6 Å². The SMILES string of the molecule is CC(=O)Nc1cccc(NC(=O)c2cc(N3CCCCC3)ccn2)c1. The molecule has 1 aromatic carbocycles. The van der Waals surface area contributed by atoms with Gasteiger partial charge in [0.25, 0.3) is 5.91 Å². The van der Waals surface area contributed by atoms with Crippen LogP contribution in [-0.2, 0) is 4.79 Å². The number of carbonyl (C=O) groups is 2. The van der Waals surface area contributed by atoms with E-state index < -0.39 is 0 Å². The van der Waals surface area contributed by atoms with Crippen LogP contribution in [0.5, 0.6) is 0 Å². The van der Waals surface area contributed by atoms with E-state index in [2.05, 4.69) is 20.5 Å². The molecule has 1 aliphatic rings. The number of aromatic nitrogens is 1. The summed E-state index contributed by atoms with van der Waals surface area (Å²) in [7, 11) is 0.